The van der Waals surface area contributed by atoms with Gasteiger partial charge in [0.1, 0.15) is 5.82 Å². The number of hydrogen-bond acceptors (Lipinski definition) is 7. The van der Waals surface area contributed by atoms with E-state index in [0.29, 0.717) is 17.1 Å². The average molecular weight is 325 g/mol. The zero-order chi connectivity index (χ0) is 14.6. The van der Waals surface area contributed by atoms with E-state index in [-0.39, 0.29) is 10.6 Å². The number of hydrogen-bond donors (Lipinski definition) is 0. The Hall–Kier alpha value is -1.43. The normalized spacial score (nSPS) is 11.2. The molecule has 0 spiro atoms. The molecule has 1 heterocycles. The van der Waals surface area contributed by atoms with Crippen molar-refractivity contribution < 1.29 is 8.42 Å². The predicted molar refractivity (Wildman–Crippen MR) is 78.6 cm³/mol. The third-order valence-corrected chi connectivity index (χ3v) is 6.35. The molecule has 1 aromatic heterocycles. The molecule has 104 valence electrons. The van der Waals surface area contributed by atoms with Crippen LogP contribution in [0.5, 0.6) is 0 Å². The van der Waals surface area contributed by atoms with Crippen LogP contribution in [0.3, 0.4) is 0 Å². The molecule has 8 heteroatoms. The Kier molecular flexibility index (Phi) is 4.75. The Morgan fingerprint density at radius 3 is 2.60 bits per heavy atom. The summed E-state index contributed by atoms with van der Waals surface area (Å²) in [6, 6.07) is 7.91. The highest BCUT2D eigenvalue weighted by molar-refractivity contribution is 8.02. The standard InChI is InChI=1S/C12H11N3O2S3/c1-9-14-12(19-15-9)18-6-7-20(16,17)11-4-2-10(8-13)3-5-11/h2-5H,6-7H2,1H3. The lowest BCUT2D eigenvalue weighted by Crippen LogP contribution is -2.08. The van der Waals surface area contributed by atoms with E-state index < -0.39 is 9.84 Å². The molecule has 0 saturated heterocycles. The van der Waals surface area contributed by atoms with Gasteiger partial charge in [0.2, 0.25) is 0 Å². The first-order valence-corrected chi connectivity index (χ1v) is 9.08. The van der Waals surface area contributed by atoms with Crippen LogP contribution in [0.25, 0.3) is 0 Å². The Bertz CT molecular complexity index is 730. The molecule has 5 nitrogen and oxygen atoms in total. The first kappa shape index (κ1) is 15.0. The van der Waals surface area contributed by atoms with Crippen molar-refractivity contribution in [1.29, 1.82) is 5.26 Å². The molecule has 0 saturated carbocycles. The molecule has 1 aromatic carbocycles. The van der Waals surface area contributed by atoms with Crippen molar-refractivity contribution in [2.45, 2.75) is 16.2 Å². The maximum atomic E-state index is 12.1. The van der Waals surface area contributed by atoms with Gasteiger partial charge in [-0.2, -0.15) is 9.64 Å². The summed E-state index contributed by atoms with van der Waals surface area (Å²) in [5.41, 5.74) is 0.447. The van der Waals surface area contributed by atoms with Crippen LogP contribution in [-0.4, -0.2) is 29.3 Å². The molecule has 0 aliphatic heterocycles. The van der Waals surface area contributed by atoms with Gasteiger partial charge in [0, 0.05) is 5.75 Å². The van der Waals surface area contributed by atoms with E-state index in [4.69, 9.17) is 5.26 Å². The second-order valence-corrected chi connectivity index (χ2v) is 8.11. The molecule has 0 unspecified atom stereocenters. The van der Waals surface area contributed by atoms with Crippen LogP contribution >= 0.6 is 23.3 Å². The average Bonchev–Trinajstić information content (AvgIpc) is 2.84. The fraction of sp³-hybridized carbons (Fsp3) is 0.250. The minimum absolute atomic E-state index is 0.0300. The zero-order valence-electron chi connectivity index (χ0n) is 10.6. The number of sulfone groups is 1. The van der Waals surface area contributed by atoms with Crippen molar-refractivity contribution in [2.24, 2.45) is 0 Å². The van der Waals surface area contributed by atoms with Crippen LogP contribution < -0.4 is 0 Å². The summed E-state index contributed by atoms with van der Waals surface area (Å²) in [6.45, 7) is 1.80. The topological polar surface area (TPSA) is 83.7 Å². The van der Waals surface area contributed by atoms with E-state index in [2.05, 4.69) is 9.36 Å². The molecule has 20 heavy (non-hydrogen) atoms. The highest BCUT2D eigenvalue weighted by atomic mass is 32.2. The molecule has 0 atom stereocenters. The van der Waals surface area contributed by atoms with Gasteiger partial charge in [-0.3, -0.25) is 0 Å². The van der Waals surface area contributed by atoms with E-state index in [1.165, 1.54) is 47.6 Å². The number of nitrogens with zero attached hydrogens (tertiary/aromatic N) is 3. The number of aromatic nitrogens is 2. The Balaban J connectivity index is 1.98. The largest absolute Gasteiger partial charge is 0.224 e. The zero-order valence-corrected chi connectivity index (χ0v) is 13.1. The summed E-state index contributed by atoms with van der Waals surface area (Å²) in [5.74, 6) is 1.16. The second kappa shape index (κ2) is 6.35. The maximum absolute atomic E-state index is 12.1. The van der Waals surface area contributed by atoms with E-state index in [1.54, 1.807) is 6.92 Å². The number of thioether (sulfide) groups is 1. The lowest BCUT2D eigenvalue weighted by atomic mass is 10.2. The summed E-state index contributed by atoms with van der Waals surface area (Å²) < 4.78 is 29.0. The Morgan fingerprint density at radius 2 is 2.05 bits per heavy atom. The molecule has 0 radical (unpaired) electrons. The fourth-order valence-corrected chi connectivity index (χ4v) is 4.80. The number of benzene rings is 1. The molecule has 0 bridgehead atoms. The summed E-state index contributed by atoms with van der Waals surface area (Å²) >= 11 is 2.66. The van der Waals surface area contributed by atoms with Crippen LogP contribution in [-0.2, 0) is 9.84 Å². The van der Waals surface area contributed by atoms with Gasteiger partial charge >= 0.3 is 0 Å². The minimum Gasteiger partial charge on any atom is -0.224 e. The molecule has 0 fully saturated rings. The van der Waals surface area contributed by atoms with E-state index in [9.17, 15) is 8.42 Å². The van der Waals surface area contributed by atoms with Gasteiger partial charge in [-0.05, 0) is 42.7 Å². The van der Waals surface area contributed by atoms with Gasteiger partial charge in [0.15, 0.2) is 14.2 Å². The monoisotopic (exact) mass is 325 g/mol. The van der Waals surface area contributed by atoms with E-state index >= 15 is 0 Å². The summed E-state index contributed by atoms with van der Waals surface area (Å²) in [4.78, 5) is 4.41. The number of rotatable bonds is 5. The molecular weight excluding hydrogens is 314 g/mol. The van der Waals surface area contributed by atoms with Crippen LogP contribution in [0, 0.1) is 18.3 Å². The van der Waals surface area contributed by atoms with Crippen LogP contribution in [0.1, 0.15) is 11.4 Å². The summed E-state index contributed by atoms with van der Waals surface area (Å²) in [5, 5.41) is 8.69. The Morgan fingerprint density at radius 1 is 1.35 bits per heavy atom. The third kappa shape index (κ3) is 3.79. The number of nitriles is 1. The summed E-state index contributed by atoms with van der Waals surface area (Å²) in [7, 11) is -3.32. The van der Waals surface area contributed by atoms with Crippen molar-refractivity contribution in [1.82, 2.24) is 9.36 Å². The smallest absolute Gasteiger partial charge is 0.179 e. The molecule has 0 aliphatic carbocycles. The lowest BCUT2D eigenvalue weighted by Gasteiger charge is -2.03. The molecule has 2 rings (SSSR count). The second-order valence-electron chi connectivity index (χ2n) is 3.91. The van der Waals surface area contributed by atoms with Crippen LogP contribution in [0.15, 0.2) is 33.5 Å². The van der Waals surface area contributed by atoms with Crippen molar-refractivity contribution in [2.75, 3.05) is 11.5 Å². The van der Waals surface area contributed by atoms with Gasteiger partial charge in [-0.25, -0.2) is 13.4 Å². The quantitative estimate of drug-likeness (QED) is 0.784. The van der Waals surface area contributed by atoms with E-state index in [0.717, 1.165) is 4.34 Å². The highest BCUT2D eigenvalue weighted by Gasteiger charge is 2.14. The molecular formula is C12H11N3O2S3. The van der Waals surface area contributed by atoms with Crippen molar-refractivity contribution >= 4 is 33.1 Å². The summed E-state index contributed by atoms with van der Waals surface area (Å²) in [6.07, 6.45) is 0. The van der Waals surface area contributed by atoms with Crippen LogP contribution in [0.2, 0.25) is 0 Å². The van der Waals surface area contributed by atoms with Crippen molar-refractivity contribution in [3.63, 3.8) is 0 Å². The van der Waals surface area contributed by atoms with Gasteiger partial charge < -0.3 is 0 Å². The fourth-order valence-electron chi connectivity index (χ4n) is 1.43. The predicted octanol–water partition coefficient (Wildman–Crippen LogP) is 2.28. The first-order valence-electron chi connectivity index (χ1n) is 5.67. The Labute approximate surface area is 125 Å². The van der Waals surface area contributed by atoms with Crippen molar-refractivity contribution in [3.05, 3.63) is 35.7 Å². The maximum Gasteiger partial charge on any atom is 0.179 e. The SMILES string of the molecule is Cc1nsc(SCCS(=O)(=O)c2ccc(C#N)cc2)n1. The third-order valence-electron chi connectivity index (χ3n) is 2.43. The van der Waals surface area contributed by atoms with Gasteiger partial charge in [0.05, 0.1) is 22.3 Å². The van der Waals surface area contributed by atoms with E-state index in [1.807, 2.05) is 6.07 Å². The molecule has 0 amide bonds. The highest BCUT2D eigenvalue weighted by Crippen LogP contribution is 2.21. The first-order chi connectivity index (χ1) is 9.51. The lowest BCUT2D eigenvalue weighted by molar-refractivity contribution is 0.597. The minimum atomic E-state index is -3.32. The van der Waals surface area contributed by atoms with Crippen LogP contribution in [0.4, 0.5) is 0 Å². The number of aryl methyl sites for hydroxylation is 1. The molecule has 2 aromatic rings. The molecule has 0 N–H and O–H groups in total. The van der Waals surface area contributed by atoms with Gasteiger partial charge in [-0.15, -0.1) is 0 Å². The van der Waals surface area contributed by atoms with Crippen molar-refractivity contribution in [3.8, 4) is 6.07 Å². The van der Waals surface area contributed by atoms with Gasteiger partial charge in [-0.1, -0.05) is 11.8 Å². The van der Waals surface area contributed by atoms with Gasteiger partial charge in [0.25, 0.3) is 0 Å². The molecule has 0 aliphatic rings.